The molecule has 0 bridgehead atoms. The number of nitrogens with two attached hydrogens (primary N) is 1. The van der Waals surface area contributed by atoms with Gasteiger partial charge in [0.1, 0.15) is 0 Å². The van der Waals surface area contributed by atoms with Crippen LogP contribution in [0.4, 0.5) is 5.69 Å². The highest BCUT2D eigenvalue weighted by Gasteiger charge is 2.07. The maximum absolute atomic E-state index is 5.58. The van der Waals surface area contributed by atoms with Crippen LogP contribution in [-0.2, 0) is 11.2 Å². The van der Waals surface area contributed by atoms with Crippen LogP contribution in [0.25, 0.3) is 0 Å². The second-order valence-electron chi connectivity index (χ2n) is 5.38. The summed E-state index contributed by atoms with van der Waals surface area (Å²) in [5.41, 5.74) is 8.17. The molecule has 0 radical (unpaired) electrons. The SMILES string of the molecule is CCCCCc1ccc(NC(CCCN)COC)cc1. The van der Waals surface area contributed by atoms with Gasteiger partial charge in [-0.3, -0.25) is 0 Å². The van der Waals surface area contributed by atoms with E-state index in [0.29, 0.717) is 6.04 Å². The molecule has 3 heteroatoms. The number of benzene rings is 1. The summed E-state index contributed by atoms with van der Waals surface area (Å²) in [6, 6.07) is 9.14. The van der Waals surface area contributed by atoms with Crippen molar-refractivity contribution in [3.05, 3.63) is 29.8 Å². The van der Waals surface area contributed by atoms with Gasteiger partial charge in [-0.15, -0.1) is 0 Å². The lowest BCUT2D eigenvalue weighted by Crippen LogP contribution is -2.25. The minimum Gasteiger partial charge on any atom is -0.383 e. The van der Waals surface area contributed by atoms with Crippen molar-refractivity contribution in [3.63, 3.8) is 0 Å². The predicted octanol–water partition coefficient (Wildman–Crippen LogP) is 3.59. The Morgan fingerprint density at radius 3 is 2.50 bits per heavy atom. The minimum atomic E-state index is 0.342. The van der Waals surface area contributed by atoms with Gasteiger partial charge in [-0.05, 0) is 49.9 Å². The fourth-order valence-electron chi connectivity index (χ4n) is 2.35. The highest BCUT2D eigenvalue weighted by atomic mass is 16.5. The molecule has 0 saturated heterocycles. The first-order chi connectivity index (χ1) is 9.80. The van der Waals surface area contributed by atoms with Gasteiger partial charge in [0.25, 0.3) is 0 Å². The van der Waals surface area contributed by atoms with Crippen molar-refractivity contribution in [2.24, 2.45) is 5.73 Å². The van der Waals surface area contributed by atoms with Gasteiger partial charge in [0.2, 0.25) is 0 Å². The Morgan fingerprint density at radius 2 is 1.90 bits per heavy atom. The van der Waals surface area contributed by atoms with E-state index in [-0.39, 0.29) is 0 Å². The van der Waals surface area contributed by atoms with E-state index < -0.39 is 0 Å². The van der Waals surface area contributed by atoms with E-state index in [1.807, 2.05) is 0 Å². The Bertz CT molecular complexity index is 337. The molecule has 1 unspecified atom stereocenters. The summed E-state index contributed by atoms with van der Waals surface area (Å²) >= 11 is 0. The van der Waals surface area contributed by atoms with Gasteiger partial charge in [-0.2, -0.15) is 0 Å². The lowest BCUT2D eigenvalue weighted by molar-refractivity contribution is 0.182. The van der Waals surface area contributed by atoms with Gasteiger partial charge in [0.05, 0.1) is 6.61 Å². The summed E-state index contributed by atoms with van der Waals surface area (Å²) in [7, 11) is 1.74. The Hall–Kier alpha value is -1.06. The molecule has 1 aromatic rings. The number of ether oxygens (including phenoxy) is 1. The van der Waals surface area contributed by atoms with Crippen LogP contribution in [0.1, 0.15) is 44.6 Å². The second-order valence-corrected chi connectivity index (χ2v) is 5.38. The van der Waals surface area contributed by atoms with Crippen LogP contribution >= 0.6 is 0 Å². The van der Waals surface area contributed by atoms with Gasteiger partial charge in [-0.1, -0.05) is 31.9 Å². The zero-order valence-corrected chi connectivity index (χ0v) is 13.0. The molecule has 0 spiro atoms. The monoisotopic (exact) mass is 278 g/mol. The molecule has 1 rings (SSSR count). The third kappa shape index (κ3) is 6.92. The summed E-state index contributed by atoms with van der Waals surface area (Å²) in [5.74, 6) is 0. The number of nitrogens with one attached hydrogen (secondary N) is 1. The molecular weight excluding hydrogens is 248 g/mol. The average molecular weight is 278 g/mol. The number of hydrogen-bond acceptors (Lipinski definition) is 3. The van der Waals surface area contributed by atoms with E-state index in [9.17, 15) is 0 Å². The highest BCUT2D eigenvalue weighted by Crippen LogP contribution is 2.14. The number of aryl methyl sites for hydroxylation is 1. The molecule has 0 saturated carbocycles. The number of hydrogen-bond donors (Lipinski definition) is 2. The van der Waals surface area contributed by atoms with Crippen molar-refractivity contribution < 1.29 is 4.74 Å². The molecule has 0 amide bonds. The zero-order valence-electron chi connectivity index (χ0n) is 13.0. The largest absolute Gasteiger partial charge is 0.383 e. The molecule has 0 aliphatic carbocycles. The Balaban J connectivity index is 2.45. The van der Waals surface area contributed by atoms with E-state index in [1.54, 1.807) is 7.11 Å². The van der Waals surface area contributed by atoms with Gasteiger partial charge >= 0.3 is 0 Å². The molecule has 20 heavy (non-hydrogen) atoms. The zero-order chi connectivity index (χ0) is 14.6. The number of methoxy groups -OCH3 is 1. The topological polar surface area (TPSA) is 47.3 Å². The molecule has 3 nitrogen and oxygen atoms in total. The molecule has 0 aromatic heterocycles. The quantitative estimate of drug-likeness (QED) is 0.608. The molecule has 1 atom stereocenters. The minimum absolute atomic E-state index is 0.342. The van der Waals surface area contributed by atoms with Crippen LogP contribution in [0, 0.1) is 0 Å². The number of anilines is 1. The first-order valence-corrected chi connectivity index (χ1v) is 7.84. The molecule has 0 aliphatic heterocycles. The predicted molar refractivity (Wildman–Crippen MR) is 87.2 cm³/mol. The average Bonchev–Trinajstić information content (AvgIpc) is 2.47. The van der Waals surface area contributed by atoms with Crippen molar-refractivity contribution >= 4 is 5.69 Å². The molecule has 0 aliphatic rings. The summed E-state index contributed by atoms with van der Waals surface area (Å²) in [6.07, 6.45) is 7.13. The van der Waals surface area contributed by atoms with E-state index in [0.717, 1.165) is 26.0 Å². The molecule has 1 aromatic carbocycles. The second kappa shape index (κ2) is 10.7. The van der Waals surface area contributed by atoms with E-state index >= 15 is 0 Å². The van der Waals surface area contributed by atoms with Crippen LogP contribution in [0.5, 0.6) is 0 Å². The van der Waals surface area contributed by atoms with Crippen LogP contribution in [0.3, 0.4) is 0 Å². The van der Waals surface area contributed by atoms with Gasteiger partial charge in [-0.25, -0.2) is 0 Å². The summed E-state index contributed by atoms with van der Waals surface area (Å²) in [6.45, 7) is 3.70. The van der Waals surface area contributed by atoms with E-state index in [1.165, 1.54) is 36.9 Å². The van der Waals surface area contributed by atoms with Crippen LogP contribution in [0.15, 0.2) is 24.3 Å². The Kier molecular flexibility index (Phi) is 9.09. The normalized spacial score (nSPS) is 12.3. The van der Waals surface area contributed by atoms with Crippen molar-refractivity contribution in [2.45, 2.75) is 51.5 Å². The van der Waals surface area contributed by atoms with Crippen molar-refractivity contribution in [2.75, 3.05) is 25.6 Å². The fourth-order valence-corrected chi connectivity index (χ4v) is 2.35. The standard InChI is InChI=1S/C17H30N2O/c1-3-4-5-7-15-9-11-16(12-10-15)19-17(14-20-2)8-6-13-18/h9-12,17,19H,3-8,13-14,18H2,1-2H3. The summed E-state index contributed by atoms with van der Waals surface area (Å²) in [5, 5.41) is 3.53. The van der Waals surface area contributed by atoms with Gasteiger partial charge in [0, 0.05) is 18.8 Å². The molecule has 0 fully saturated rings. The van der Waals surface area contributed by atoms with Crippen LogP contribution < -0.4 is 11.1 Å². The van der Waals surface area contributed by atoms with E-state index in [4.69, 9.17) is 10.5 Å². The summed E-state index contributed by atoms with van der Waals surface area (Å²) < 4.78 is 5.26. The third-order valence-corrected chi connectivity index (χ3v) is 3.52. The maximum atomic E-state index is 5.58. The van der Waals surface area contributed by atoms with Crippen LogP contribution in [-0.4, -0.2) is 26.3 Å². The first-order valence-electron chi connectivity index (χ1n) is 7.84. The van der Waals surface area contributed by atoms with Crippen molar-refractivity contribution in [1.29, 1.82) is 0 Å². The number of unbranched alkanes of at least 4 members (excludes halogenated alkanes) is 2. The van der Waals surface area contributed by atoms with Crippen LogP contribution in [0.2, 0.25) is 0 Å². The fraction of sp³-hybridized carbons (Fsp3) is 0.647. The molecule has 114 valence electrons. The molecule has 0 heterocycles. The molecular formula is C17H30N2O. The lowest BCUT2D eigenvalue weighted by atomic mass is 10.1. The molecule has 3 N–H and O–H groups in total. The number of rotatable bonds is 11. The highest BCUT2D eigenvalue weighted by molar-refractivity contribution is 5.45. The lowest BCUT2D eigenvalue weighted by Gasteiger charge is -2.19. The van der Waals surface area contributed by atoms with Gasteiger partial charge < -0.3 is 15.8 Å². The third-order valence-electron chi connectivity index (χ3n) is 3.52. The Labute approximate surface area is 123 Å². The summed E-state index contributed by atoms with van der Waals surface area (Å²) in [4.78, 5) is 0. The van der Waals surface area contributed by atoms with Crippen molar-refractivity contribution in [1.82, 2.24) is 0 Å². The maximum Gasteiger partial charge on any atom is 0.0664 e. The van der Waals surface area contributed by atoms with Crippen molar-refractivity contribution in [3.8, 4) is 0 Å². The first kappa shape index (κ1) is 17.0. The Morgan fingerprint density at radius 1 is 1.15 bits per heavy atom. The smallest absolute Gasteiger partial charge is 0.0664 e. The van der Waals surface area contributed by atoms with Gasteiger partial charge in [0.15, 0.2) is 0 Å². The van der Waals surface area contributed by atoms with E-state index in [2.05, 4.69) is 36.5 Å².